The second kappa shape index (κ2) is 32.8. The summed E-state index contributed by atoms with van der Waals surface area (Å²) in [6.45, 7) is 4.02. The summed E-state index contributed by atoms with van der Waals surface area (Å²) in [5.41, 5.74) is 2.66. The zero-order valence-electron chi connectivity index (χ0n) is 48.6. The largest absolute Gasteiger partial charge is 0.505 e. The number of thiazole rings is 1. The van der Waals surface area contributed by atoms with E-state index in [0.717, 1.165) is 15.6 Å². The van der Waals surface area contributed by atoms with Crippen LogP contribution in [0.1, 0.15) is 39.8 Å². The Balaban J connectivity index is 0.000000163. The normalized spacial score (nSPS) is 12.5. The number of fused-ring (bicyclic) bond motifs is 2. The predicted molar refractivity (Wildman–Crippen MR) is 372 cm³/mol. The minimum absolute atomic E-state index is 0.00692. The van der Waals surface area contributed by atoms with Gasteiger partial charge in [-0.05, 0) is 98.8 Å². The average Bonchev–Trinajstić information content (AvgIpc) is 2.41. The van der Waals surface area contributed by atoms with Crippen molar-refractivity contribution in [3.05, 3.63) is 220 Å². The first-order valence-corrected chi connectivity index (χ1v) is 31.0. The number of para-hydroxylation sites is 3. The number of carbonyl (C=O) groups is 4. The van der Waals surface area contributed by atoms with Crippen LogP contribution in [-0.2, 0) is 19.1 Å². The zero-order valence-corrected chi connectivity index (χ0v) is 55.5. The van der Waals surface area contributed by atoms with Crippen LogP contribution in [0.2, 0.25) is 40.2 Å². The highest BCUT2D eigenvalue weighted by atomic mass is 35.5. The standard InChI is InChI=1S/C17H13Cl2N3O3.C17H12Cl2N2O3S.C17H8Cl2N2O3.C15H8Cl2N2O2/c1-2-25-16-14(20-10-8-12(18)15(23)13(19)9-10)17(24)22(21-16)11-6-4-3-5-7-11;1-2-24-17(23)14(16-21-12-5-3-4-6-13(12)25-16)20-9-7-10(18)15(22)11(19)8-9;18-11-6-10(7-12(19)16(11)22)21-13(8-20)17(23)15-5-9-3-1-2-4-14(9)24-15;16-11-6-10(7-12(17)15(11)21)19-13(8-18)14(20)9-4-2-1-3-5-9/h3-9,23H,2H2,1H3;3-8,22H,2H2,1H3;1-7,22H;1-7,21H. The van der Waals surface area contributed by atoms with Gasteiger partial charge in [-0.25, -0.2) is 29.7 Å². The monoisotopic (exact) mass is 1450 g/mol. The number of hydrogen-bond acceptors (Lipinski definition) is 20. The molecule has 0 saturated heterocycles. The summed E-state index contributed by atoms with van der Waals surface area (Å²) in [5.74, 6) is -3.12. The van der Waals surface area contributed by atoms with E-state index in [1.54, 1.807) is 105 Å². The molecule has 0 atom stereocenters. The molecule has 1 aliphatic heterocycles. The number of nitriles is 2. The molecule has 0 spiro atoms. The third kappa shape index (κ3) is 17.9. The number of ketones is 2. The van der Waals surface area contributed by atoms with E-state index in [9.17, 15) is 44.9 Å². The van der Waals surface area contributed by atoms with Crippen molar-refractivity contribution in [2.75, 3.05) is 18.2 Å². The smallest absolute Gasteiger partial charge is 0.360 e. The number of aliphatic imine (C=N–C) groups is 4. The van der Waals surface area contributed by atoms with Crippen LogP contribution in [0.25, 0.3) is 21.2 Å². The summed E-state index contributed by atoms with van der Waals surface area (Å²) in [7, 11) is 0. The molecule has 1 amide bonds. The fourth-order valence-corrected chi connectivity index (χ4v) is 10.8. The van der Waals surface area contributed by atoms with Gasteiger partial charge in [0.1, 0.15) is 17.7 Å². The number of Topliss-reactive ketones (excluding diaryl/α,β-unsaturated/α-hetero) is 2. The van der Waals surface area contributed by atoms with Gasteiger partial charge in [0.25, 0.3) is 11.7 Å². The number of furan rings is 1. The Bertz CT molecular complexity index is 4720. The van der Waals surface area contributed by atoms with Gasteiger partial charge in [0.2, 0.25) is 5.78 Å². The number of phenolic OH excluding ortho intramolecular Hbond substituents is 4. The molecule has 10 aromatic rings. The SMILES string of the molecule is CCOC(=O)C(=Nc1cc(Cl)c(O)c(Cl)c1)c1nc2ccccc2s1.CCOC1=NN(c2ccccc2)C(=O)C1=Nc1cc(Cl)c(O)c(Cl)c1.N#CC(=Nc1cc(Cl)c(O)c(Cl)c1)C(=O)c1cc2ccccc2o1.N#CC(=Nc1cc(Cl)c(O)c(Cl)c1)C(=O)c1ccccc1. The van der Waals surface area contributed by atoms with Gasteiger partial charge in [-0.1, -0.05) is 172 Å². The number of aromatic nitrogens is 1. The van der Waals surface area contributed by atoms with Gasteiger partial charge >= 0.3 is 11.9 Å². The van der Waals surface area contributed by atoms with E-state index in [1.165, 1.54) is 64.9 Å². The van der Waals surface area contributed by atoms with Crippen molar-refractivity contribution in [1.29, 1.82) is 10.5 Å². The third-order valence-electron chi connectivity index (χ3n) is 12.3. The van der Waals surface area contributed by atoms with Crippen molar-refractivity contribution < 1.29 is 53.5 Å². The number of anilines is 1. The molecule has 2 aromatic heterocycles. The number of nitrogens with zero attached hydrogens (tertiary/aromatic N) is 9. The lowest BCUT2D eigenvalue weighted by atomic mass is 10.1. The summed E-state index contributed by atoms with van der Waals surface area (Å²) in [6, 6.07) is 47.8. The third-order valence-corrected chi connectivity index (χ3v) is 15.7. The van der Waals surface area contributed by atoms with Crippen LogP contribution in [0.5, 0.6) is 23.0 Å². The molecule has 0 unspecified atom stereocenters. The lowest BCUT2D eigenvalue weighted by Gasteiger charge is -2.09. The summed E-state index contributed by atoms with van der Waals surface area (Å²) in [6.07, 6.45) is 0. The number of halogens is 8. The van der Waals surface area contributed by atoms with Crippen LogP contribution >= 0.6 is 104 Å². The van der Waals surface area contributed by atoms with Crippen LogP contribution in [0.4, 0.5) is 28.4 Å². The number of esters is 1. The topological polar surface area (TPSA) is 306 Å². The molecule has 29 heteroatoms. The molecule has 8 aromatic carbocycles. The predicted octanol–water partition coefficient (Wildman–Crippen LogP) is 18.3. The number of hydrazone groups is 1. The summed E-state index contributed by atoms with van der Waals surface area (Å²) in [4.78, 5) is 70.6. The molecule has 20 nitrogen and oxygen atoms in total. The van der Waals surface area contributed by atoms with E-state index in [0.29, 0.717) is 39.8 Å². The van der Waals surface area contributed by atoms with E-state index >= 15 is 0 Å². The highest BCUT2D eigenvalue weighted by Crippen LogP contribution is 2.40. The Morgan fingerprint density at radius 3 is 1.51 bits per heavy atom. The fraction of sp³-hybridized carbons (Fsp3) is 0.0606. The number of amides is 1. The number of rotatable bonds is 13. The molecule has 1 aliphatic rings. The molecular weight excluding hydrogens is 1410 g/mol. The first kappa shape index (κ1) is 71.0. The number of hydrogen-bond donors (Lipinski definition) is 4. The van der Waals surface area contributed by atoms with Crippen molar-refractivity contribution >= 4 is 206 Å². The highest BCUT2D eigenvalue weighted by Gasteiger charge is 2.35. The Kier molecular flexibility index (Phi) is 24.5. The van der Waals surface area contributed by atoms with Crippen molar-refractivity contribution in [2.45, 2.75) is 13.8 Å². The minimum Gasteiger partial charge on any atom is -0.505 e. The quantitative estimate of drug-likeness (QED) is 0.0474. The van der Waals surface area contributed by atoms with Crippen molar-refractivity contribution in [2.24, 2.45) is 25.1 Å². The maximum atomic E-state index is 12.7. The van der Waals surface area contributed by atoms with E-state index in [1.807, 2.05) is 36.4 Å². The maximum absolute atomic E-state index is 12.7. The second-order valence-electron chi connectivity index (χ2n) is 18.8. The van der Waals surface area contributed by atoms with E-state index < -0.39 is 23.4 Å². The number of carbonyl (C=O) groups excluding carboxylic acids is 4. The number of aromatic hydroxyl groups is 4. The zero-order chi connectivity index (χ0) is 68.6. The lowest BCUT2D eigenvalue weighted by molar-refractivity contribution is -0.135. The van der Waals surface area contributed by atoms with Crippen LogP contribution in [-0.4, -0.2) is 90.8 Å². The number of ether oxygens (including phenoxy) is 2. The molecule has 0 saturated carbocycles. The van der Waals surface area contributed by atoms with Crippen molar-refractivity contribution in [1.82, 2.24) is 4.98 Å². The molecule has 3 heterocycles. The minimum atomic E-state index is -0.658. The summed E-state index contributed by atoms with van der Waals surface area (Å²) >= 11 is 48.1. The van der Waals surface area contributed by atoms with Crippen LogP contribution in [0.15, 0.2) is 193 Å². The number of benzene rings is 8. The molecule has 478 valence electrons. The van der Waals surface area contributed by atoms with Crippen molar-refractivity contribution in [3.63, 3.8) is 0 Å². The van der Waals surface area contributed by atoms with Crippen molar-refractivity contribution in [3.8, 4) is 35.1 Å². The van der Waals surface area contributed by atoms with Crippen LogP contribution < -0.4 is 5.01 Å². The molecular formula is C66H41Cl8N9O11S. The highest BCUT2D eigenvalue weighted by molar-refractivity contribution is 7.21. The Hall–Kier alpha value is -9.88. The lowest BCUT2D eigenvalue weighted by Crippen LogP contribution is -2.28. The van der Waals surface area contributed by atoms with Crippen LogP contribution in [0, 0.1) is 22.7 Å². The molecule has 0 radical (unpaired) electrons. The van der Waals surface area contributed by atoms with Gasteiger partial charge in [0, 0.05) is 10.9 Å². The summed E-state index contributed by atoms with van der Waals surface area (Å²) < 4.78 is 16.9. The molecule has 11 rings (SSSR count). The fourth-order valence-electron chi connectivity index (χ4n) is 7.98. The van der Waals surface area contributed by atoms with E-state index in [4.69, 9.17) is 112 Å². The van der Waals surface area contributed by atoms with E-state index in [2.05, 4.69) is 30.1 Å². The first-order chi connectivity index (χ1) is 45.5. The Morgan fingerprint density at radius 1 is 0.568 bits per heavy atom. The van der Waals surface area contributed by atoms with Gasteiger partial charge < -0.3 is 34.3 Å². The van der Waals surface area contributed by atoms with Gasteiger partial charge in [0.05, 0.1) is 92.0 Å². The average molecular weight is 1450 g/mol. The van der Waals surface area contributed by atoms with Gasteiger partial charge in [-0.15, -0.1) is 16.4 Å². The summed E-state index contributed by atoms with van der Waals surface area (Å²) in [5, 5.41) is 63.3. The van der Waals surface area contributed by atoms with Gasteiger partial charge in [-0.2, -0.15) is 15.5 Å². The Morgan fingerprint density at radius 2 is 1.02 bits per heavy atom. The Labute approximate surface area is 583 Å². The maximum Gasteiger partial charge on any atom is 0.360 e. The first-order valence-electron chi connectivity index (χ1n) is 27.2. The second-order valence-corrected chi connectivity index (χ2v) is 23.1. The van der Waals surface area contributed by atoms with Gasteiger partial charge in [-0.3, -0.25) is 14.4 Å². The number of phenols is 4. The van der Waals surface area contributed by atoms with E-state index in [-0.39, 0.29) is 116 Å². The molecule has 0 bridgehead atoms. The molecule has 95 heavy (non-hydrogen) atoms. The molecule has 4 N–H and O–H groups in total. The van der Waals surface area contributed by atoms with Crippen LogP contribution in [0.3, 0.4) is 0 Å². The van der Waals surface area contributed by atoms with Gasteiger partial charge in [0.15, 0.2) is 56.6 Å². The molecule has 0 aliphatic carbocycles. The molecule has 0 fully saturated rings.